The third kappa shape index (κ3) is 9.73. The van der Waals surface area contributed by atoms with Gasteiger partial charge in [0, 0.05) is 60.8 Å². The molecule has 3 N–H and O–H groups in total. The lowest BCUT2D eigenvalue weighted by molar-refractivity contribution is 0.502. The number of aromatic nitrogens is 10. The zero-order valence-corrected chi connectivity index (χ0v) is 35.1. The average Bonchev–Trinajstić information content (AvgIpc) is 4.15. The minimum atomic E-state index is -0.609. The van der Waals surface area contributed by atoms with Crippen molar-refractivity contribution in [3.63, 3.8) is 0 Å². The fraction of sp³-hybridized carbons (Fsp3) is 0.238. The molecule has 0 unspecified atom stereocenters. The predicted octanol–water partition coefficient (Wildman–Crippen LogP) is 7.07. The zero-order valence-electron chi connectivity index (χ0n) is 33.6. The summed E-state index contributed by atoms with van der Waals surface area (Å²) in [5, 5.41) is 20.4. The summed E-state index contributed by atoms with van der Waals surface area (Å²) in [6.45, 7) is -0.115. The first-order chi connectivity index (χ1) is 30.4. The largest absolute Gasteiger partial charge is 0.437 e. The van der Waals surface area contributed by atoms with Crippen LogP contribution >= 0.6 is 15.9 Å². The molecular weight excluding hydrogens is 892 g/mol. The van der Waals surface area contributed by atoms with E-state index in [0.29, 0.717) is 40.5 Å². The van der Waals surface area contributed by atoms with Crippen molar-refractivity contribution in [1.82, 2.24) is 49.1 Å². The molecule has 324 valence electrons. The van der Waals surface area contributed by atoms with Gasteiger partial charge in [-0.2, -0.15) is 19.6 Å². The van der Waals surface area contributed by atoms with Crippen LogP contribution in [0.2, 0.25) is 0 Å². The number of hydrogen-bond acceptors (Lipinski definition) is 12. The molecule has 2 saturated carbocycles. The minimum Gasteiger partial charge on any atom is -0.386 e. The second-order valence-electron chi connectivity index (χ2n) is 14.6. The fourth-order valence-corrected chi connectivity index (χ4v) is 6.47. The van der Waals surface area contributed by atoms with Gasteiger partial charge in [0.05, 0.1) is 23.3 Å². The molecule has 2 aliphatic carbocycles. The number of nitrogens with one attached hydrogen (secondary N) is 1. The molecule has 0 bridgehead atoms. The van der Waals surface area contributed by atoms with Crippen LogP contribution in [0, 0.1) is 23.3 Å². The quantitative estimate of drug-likeness (QED) is 0.133. The van der Waals surface area contributed by atoms with Gasteiger partial charge in [-0.1, -0.05) is 12.1 Å². The summed E-state index contributed by atoms with van der Waals surface area (Å²) in [5.41, 5.74) is 8.60. The van der Waals surface area contributed by atoms with Gasteiger partial charge in [-0.3, -0.25) is 0 Å². The van der Waals surface area contributed by atoms with E-state index in [2.05, 4.69) is 51.6 Å². The molecule has 0 amide bonds. The molecule has 8 aromatic rings. The molecule has 21 heteroatoms. The number of anilines is 1. The number of nitrogens with zero attached hydrogens (tertiary/aromatic N) is 10. The standard InChI is InChI=1S/C21H18F2N6O2.C14H12BrN5O2.C7H7F2N/c1-28-21(30)31-20(27-28)18-9-17(12-5-6-12)26-29(18)19-8-7-13(10-25-19)24-11-14-15(22)3-2-4-16(14)23;1-19-14(21)22-13(18-19)11-6-10(8-2-3-8)17-20(11)12-5-4-9(15)7-16-12;8-6-2-1-3-7(9)5(6)4-10/h2-4,7-10,12,24H,5-6,11H2,1H3;4-8H,2-3H2,1H3;1-3H,4,10H2. The Hall–Kier alpha value is -7.00. The fourth-order valence-electron chi connectivity index (χ4n) is 6.24. The van der Waals surface area contributed by atoms with E-state index in [1.165, 1.54) is 48.1 Å². The summed E-state index contributed by atoms with van der Waals surface area (Å²) in [6, 6.07) is 18.4. The third-order valence-corrected chi connectivity index (χ3v) is 10.4. The van der Waals surface area contributed by atoms with Crippen LogP contribution in [-0.2, 0) is 27.2 Å². The molecule has 63 heavy (non-hydrogen) atoms. The first-order valence-electron chi connectivity index (χ1n) is 19.5. The highest BCUT2D eigenvalue weighted by molar-refractivity contribution is 9.10. The van der Waals surface area contributed by atoms with E-state index >= 15 is 0 Å². The molecule has 0 aliphatic heterocycles. The van der Waals surface area contributed by atoms with Crippen molar-refractivity contribution in [2.24, 2.45) is 19.8 Å². The second-order valence-corrected chi connectivity index (χ2v) is 15.5. The lowest BCUT2D eigenvalue weighted by Crippen LogP contribution is -2.09. The highest BCUT2D eigenvalue weighted by atomic mass is 79.9. The number of aryl methyl sites for hydroxylation is 2. The Morgan fingerprint density at radius 3 is 1.49 bits per heavy atom. The predicted molar refractivity (Wildman–Crippen MR) is 224 cm³/mol. The molecule has 0 spiro atoms. The van der Waals surface area contributed by atoms with Crippen LogP contribution in [0.15, 0.2) is 108 Å². The second kappa shape index (κ2) is 18.2. The molecule has 6 heterocycles. The van der Waals surface area contributed by atoms with Crippen molar-refractivity contribution in [1.29, 1.82) is 0 Å². The van der Waals surface area contributed by atoms with Crippen molar-refractivity contribution >= 4 is 21.6 Å². The van der Waals surface area contributed by atoms with Crippen molar-refractivity contribution < 1.29 is 26.4 Å². The van der Waals surface area contributed by atoms with Gasteiger partial charge in [-0.25, -0.2) is 46.5 Å². The van der Waals surface area contributed by atoms with Crippen molar-refractivity contribution in [3.8, 4) is 34.8 Å². The molecule has 0 saturated heterocycles. The summed E-state index contributed by atoms with van der Waals surface area (Å²) in [7, 11) is 3.06. The topological polar surface area (TPSA) is 196 Å². The van der Waals surface area contributed by atoms with Gasteiger partial charge < -0.3 is 19.9 Å². The Balaban J connectivity index is 0.000000147. The molecule has 2 aliphatic rings. The highest BCUT2D eigenvalue weighted by Crippen LogP contribution is 2.42. The maximum absolute atomic E-state index is 13.8. The Kier molecular flexibility index (Phi) is 12.3. The number of rotatable bonds is 10. The maximum Gasteiger partial charge on any atom is 0.437 e. The number of halogens is 5. The minimum absolute atomic E-state index is 0.0164. The first kappa shape index (κ1) is 42.7. The van der Waals surface area contributed by atoms with Crippen molar-refractivity contribution in [2.75, 3.05) is 5.32 Å². The van der Waals surface area contributed by atoms with E-state index in [0.717, 1.165) is 46.2 Å². The summed E-state index contributed by atoms with van der Waals surface area (Å²) < 4.78 is 69.5. The lowest BCUT2D eigenvalue weighted by atomic mass is 10.2. The third-order valence-electron chi connectivity index (χ3n) is 9.95. The van der Waals surface area contributed by atoms with Crippen molar-refractivity contribution in [3.05, 3.63) is 157 Å². The van der Waals surface area contributed by atoms with E-state index in [-0.39, 0.29) is 36.0 Å². The van der Waals surface area contributed by atoms with Crippen LogP contribution in [0.25, 0.3) is 34.8 Å². The van der Waals surface area contributed by atoms with Crippen LogP contribution < -0.4 is 22.6 Å². The van der Waals surface area contributed by atoms with E-state index in [1.54, 1.807) is 40.9 Å². The number of benzene rings is 2. The normalized spacial score (nSPS) is 13.3. The van der Waals surface area contributed by atoms with E-state index in [1.807, 2.05) is 24.3 Å². The number of pyridine rings is 2. The van der Waals surface area contributed by atoms with Crippen LogP contribution in [0.4, 0.5) is 23.2 Å². The Bertz CT molecular complexity index is 2960. The monoisotopic (exact) mass is 928 g/mol. The van der Waals surface area contributed by atoms with Crippen LogP contribution in [0.1, 0.15) is 60.0 Å². The Labute approximate surface area is 363 Å². The lowest BCUT2D eigenvalue weighted by Gasteiger charge is -2.09. The van der Waals surface area contributed by atoms with E-state index in [9.17, 15) is 27.2 Å². The molecule has 10 rings (SSSR count). The summed E-state index contributed by atoms with van der Waals surface area (Å²) in [4.78, 5) is 32.0. The molecular formula is C42H37BrF4N12O4. The number of nitrogens with two attached hydrogens (primary N) is 1. The zero-order chi connectivity index (χ0) is 44.4. The van der Waals surface area contributed by atoms with Crippen LogP contribution in [0.5, 0.6) is 0 Å². The van der Waals surface area contributed by atoms with Gasteiger partial charge in [0.1, 0.15) is 34.7 Å². The van der Waals surface area contributed by atoms with E-state index in [4.69, 9.17) is 14.6 Å². The molecule has 2 aromatic carbocycles. The molecule has 0 radical (unpaired) electrons. The van der Waals surface area contributed by atoms with Gasteiger partial charge >= 0.3 is 11.5 Å². The first-order valence-corrected chi connectivity index (χ1v) is 20.3. The van der Waals surface area contributed by atoms with Gasteiger partial charge in [0.15, 0.2) is 11.6 Å². The number of hydrogen-bond donors (Lipinski definition) is 2. The van der Waals surface area contributed by atoms with Gasteiger partial charge in [-0.05, 0) is 102 Å². The molecule has 6 aromatic heterocycles. The van der Waals surface area contributed by atoms with Gasteiger partial charge in [0.2, 0.25) is 0 Å². The van der Waals surface area contributed by atoms with Gasteiger partial charge in [0.25, 0.3) is 11.8 Å². The molecule has 2 fully saturated rings. The van der Waals surface area contributed by atoms with Crippen molar-refractivity contribution in [2.45, 2.75) is 50.6 Å². The summed E-state index contributed by atoms with van der Waals surface area (Å²) >= 11 is 3.37. The SMILES string of the molecule is Cn1nc(-c2cc(C3CC3)nn2-c2ccc(Br)cn2)oc1=O.Cn1nc(-c2cc(C3CC3)nn2-c2ccc(NCc3c(F)cccc3F)cn2)oc1=O.NCc1c(F)cccc1F. The average molecular weight is 930 g/mol. The maximum atomic E-state index is 13.8. The molecule has 0 atom stereocenters. The van der Waals surface area contributed by atoms with Crippen LogP contribution in [0.3, 0.4) is 0 Å². The summed E-state index contributed by atoms with van der Waals surface area (Å²) in [6.07, 6.45) is 7.64. The molecule has 16 nitrogen and oxygen atoms in total. The smallest absolute Gasteiger partial charge is 0.386 e. The highest BCUT2D eigenvalue weighted by Gasteiger charge is 2.30. The van der Waals surface area contributed by atoms with E-state index < -0.39 is 34.8 Å². The van der Waals surface area contributed by atoms with Gasteiger partial charge in [-0.15, -0.1) is 10.2 Å². The summed E-state index contributed by atoms with van der Waals surface area (Å²) in [5.74, 6) is -1.03. The Morgan fingerprint density at radius 1 is 0.667 bits per heavy atom. The van der Waals surface area contributed by atoms with Crippen LogP contribution in [-0.4, -0.2) is 49.1 Å². The Morgan fingerprint density at radius 2 is 1.13 bits per heavy atom.